The van der Waals surface area contributed by atoms with E-state index in [9.17, 15) is 20.1 Å². The summed E-state index contributed by atoms with van der Waals surface area (Å²) >= 11 is 0. The molecule has 0 saturated heterocycles. The van der Waals surface area contributed by atoms with Gasteiger partial charge in [0.25, 0.3) is 0 Å². The first-order valence-electron chi connectivity index (χ1n) is 13.6. The normalized spacial score (nSPS) is 11.6. The highest BCUT2D eigenvalue weighted by Gasteiger charge is 2.15. The molecule has 0 radical (unpaired) electrons. The molecule has 0 N–H and O–H groups in total. The lowest BCUT2D eigenvalue weighted by Crippen LogP contribution is -2.08. The van der Waals surface area contributed by atoms with E-state index in [0.29, 0.717) is 47.3 Å². The number of Topliss-reactive ketones (excluding diaryl/α,β-unsaturated/α-hetero) is 2. The van der Waals surface area contributed by atoms with Crippen LogP contribution < -0.4 is 18.9 Å². The van der Waals surface area contributed by atoms with Crippen LogP contribution in [0.1, 0.15) is 58.1 Å². The van der Waals surface area contributed by atoms with Gasteiger partial charge in [-0.2, -0.15) is 10.5 Å². The minimum absolute atomic E-state index is 0.106. The summed E-state index contributed by atoms with van der Waals surface area (Å²) in [6.45, 7) is 8.02. The van der Waals surface area contributed by atoms with Crippen molar-refractivity contribution in [3.63, 3.8) is 0 Å². The quantitative estimate of drug-likeness (QED) is 0.128. The Balaban J connectivity index is 1.87. The number of benzene rings is 2. The fourth-order valence-electron chi connectivity index (χ4n) is 3.80. The molecule has 0 saturated carbocycles. The molecule has 216 valence electrons. The van der Waals surface area contributed by atoms with Gasteiger partial charge in [-0.1, -0.05) is 39.8 Å². The largest absolute Gasteiger partial charge is 0.493 e. The number of methoxy groups -OCH3 is 2. The van der Waals surface area contributed by atoms with Crippen LogP contribution >= 0.6 is 0 Å². The van der Waals surface area contributed by atoms with Gasteiger partial charge in [0.05, 0.1) is 38.6 Å². The van der Waals surface area contributed by atoms with Gasteiger partial charge in [0, 0.05) is 11.8 Å². The zero-order valence-corrected chi connectivity index (χ0v) is 24.7. The number of carbonyl (C=O) groups excluding carboxylic acids is 2. The molecular formula is C33H38N2O6. The van der Waals surface area contributed by atoms with E-state index in [1.165, 1.54) is 0 Å². The van der Waals surface area contributed by atoms with Crippen molar-refractivity contribution < 1.29 is 28.5 Å². The maximum atomic E-state index is 12.2. The second-order valence-electron chi connectivity index (χ2n) is 9.96. The van der Waals surface area contributed by atoms with Crippen LogP contribution in [-0.2, 0) is 9.59 Å². The molecule has 0 aliphatic heterocycles. The third-order valence-corrected chi connectivity index (χ3v) is 6.12. The average molecular weight is 559 g/mol. The van der Waals surface area contributed by atoms with E-state index in [-0.39, 0.29) is 34.5 Å². The monoisotopic (exact) mass is 558 g/mol. The first kappa shape index (κ1) is 32.7. The third-order valence-electron chi connectivity index (χ3n) is 6.12. The Kier molecular flexibility index (Phi) is 13.2. The predicted octanol–water partition coefficient (Wildman–Crippen LogP) is 6.60. The molecule has 0 unspecified atom stereocenters. The lowest BCUT2D eigenvalue weighted by molar-refractivity contribution is -0.118. The van der Waals surface area contributed by atoms with E-state index in [1.54, 1.807) is 90.5 Å². The summed E-state index contributed by atoms with van der Waals surface area (Å²) in [7, 11) is 3.09. The summed E-state index contributed by atoms with van der Waals surface area (Å²) in [5.41, 5.74) is 1.58. The second-order valence-corrected chi connectivity index (χ2v) is 9.96. The number of hydrogen-bond acceptors (Lipinski definition) is 8. The van der Waals surface area contributed by atoms with Gasteiger partial charge in [0.15, 0.2) is 34.6 Å². The molecule has 0 amide bonds. The Bertz CT molecular complexity index is 1260. The van der Waals surface area contributed by atoms with Gasteiger partial charge in [0.1, 0.15) is 12.1 Å². The molecule has 8 nitrogen and oxygen atoms in total. The van der Waals surface area contributed by atoms with Crippen LogP contribution in [0.15, 0.2) is 47.5 Å². The Morgan fingerprint density at radius 2 is 1.07 bits per heavy atom. The van der Waals surface area contributed by atoms with Crippen LogP contribution in [0, 0.1) is 34.5 Å². The fraction of sp³-hybridized carbons (Fsp3) is 0.394. The van der Waals surface area contributed by atoms with Crippen LogP contribution in [0.5, 0.6) is 23.0 Å². The molecule has 2 aromatic rings. The van der Waals surface area contributed by atoms with Crippen molar-refractivity contribution in [2.75, 3.05) is 27.4 Å². The number of ketones is 2. The number of carbonyl (C=O) groups is 2. The van der Waals surface area contributed by atoms with Gasteiger partial charge in [-0.3, -0.25) is 9.59 Å². The minimum Gasteiger partial charge on any atom is -0.493 e. The Labute approximate surface area is 242 Å². The van der Waals surface area contributed by atoms with Gasteiger partial charge in [0.2, 0.25) is 0 Å². The summed E-state index contributed by atoms with van der Waals surface area (Å²) in [5.74, 6) is 1.30. The van der Waals surface area contributed by atoms with Crippen LogP contribution in [0.25, 0.3) is 12.2 Å². The molecule has 2 rings (SSSR count). The van der Waals surface area contributed by atoms with Crippen molar-refractivity contribution in [3.05, 3.63) is 58.7 Å². The third kappa shape index (κ3) is 9.85. The van der Waals surface area contributed by atoms with E-state index >= 15 is 0 Å². The van der Waals surface area contributed by atoms with E-state index in [4.69, 9.17) is 18.9 Å². The Morgan fingerprint density at radius 3 is 1.39 bits per heavy atom. The van der Waals surface area contributed by atoms with E-state index in [1.807, 2.05) is 12.1 Å². The topological polar surface area (TPSA) is 119 Å². The summed E-state index contributed by atoms with van der Waals surface area (Å²) in [5, 5.41) is 18.7. The van der Waals surface area contributed by atoms with Gasteiger partial charge in [-0.05, 0) is 66.8 Å². The summed E-state index contributed by atoms with van der Waals surface area (Å²) in [6, 6.07) is 14.5. The SMILES string of the molecule is COc1cc(C=C(C#N)C(=O)C(C)C)ccc1OCCCCCOc1ccc(C=C(C#N)C(=O)C(C)C)cc1OC. The average Bonchev–Trinajstić information content (AvgIpc) is 2.97. The summed E-state index contributed by atoms with van der Waals surface area (Å²) in [6.07, 6.45) is 5.60. The van der Waals surface area contributed by atoms with Gasteiger partial charge in [-0.25, -0.2) is 0 Å². The van der Waals surface area contributed by atoms with Crippen molar-refractivity contribution >= 4 is 23.7 Å². The summed E-state index contributed by atoms with van der Waals surface area (Å²) in [4.78, 5) is 24.4. The fourth-order valence-corrected chi connectivity index (χ4v) is 3.80. The van der Waals surface area contributed by atoms with E-state index < -0.39 is 0 Å². The van der Waals surface area contributed by atoms with Gasteiger partial charge < -0.3 is 18.9 Å². The molecule has 2 aromatic carbocycles. The standard InChI is InChI=1S/C33H38N2O6/c1-22(2)32(36)26(20-34)16-24-10-12-28(30(18-24)38-5)40-14-8-7-9-15-41-29-13-11-25(19-31(29)39-6)17-27(21-35)33(37)23(3)4/h10-13,16-19,22-23H,7-9,14-15H2,1-6H3. The number of ether oxygens (including phenoxy) is 4. The second kappa shape index (κ2) is 16.5. The minimum atomic E-state index is -0.257. The predicted molar refractivity (Wildman–Crippen MR) is 158 cm³/mol. The summed E-state index contributed by atoms with van der Waals surface area (Å²) < 4.78 is 22.7. The molecule has 41 heavy (non-hydrogen) atoms. The smallest absolute Gasteiger partial charge is 0.175 e. The molecule has 0 aliphatic rings. The first-order chi connectivity index (χ1) is 19.6. The van der Waals surface area contributed by atoms with Gasteiger partial charge >= 0.3 is 0 Å². The van der Waals surface area contributed by atoms with Crippen molar-refractivity contribution in [2.24, 2.45) is 11.8 Å². The Hall–Kier alpha value is -4.56. The van der Waals surface area contributed by atoms with Crippen molar-refractivity contribution in [2.45, 2.75) is 47.0 Å². The number of nitrogens with zero attached hydrogens (tertiary/aromatic N) is 2. The van der Waals surface area contributed by atoms with Crippen molar-refractivity contribution in [3.8, 4) is 35.1 Å². The molecule has 0 aliphatic carbocycles. The highest BCUT2D eigenvalue weighted by atomic mass is 16.5. The number of hydrogen-bond donors (Lipinski definition) is 0. The number of rotatable bonds is 16. The molecular weight excluding hydrogens is 520 g/mol. The lowest BCUT2D eigenvalue weighted by Gasteiger charge is -2.13. The first-order valence-corrected chi connectivity index (χ1v) is 13.6. The van der Waals surface area contributed by atoms with Crippen LogP contribution in [0.2, 0.25) is 0 Å². The highest BCUT2D eigenvalue weighted by Crippen LogP contribution is 2.31. The van der Waals surface area contributed by atoms with Crippen LogP contribution in [0.3, 0.4) is 0 Å². The molecule has 0 heterocycles. The molecule has 0 bridgehead atoms. The number of allylic oxidation sites excluding steroid dienone is 2. The molecule has 0 fully saturated rings. The lowest BCUT2D eigenvalue weighted by atomic mass is 10.00. The van der Waals surface area contributed by atoms with E-state index in [2.05, 4.69) is 0 Å². The van der Waals surface area contributed by atoms with Gasteiger partial charge in [-0.15, -0.1) is 0 Å². The zero-order valence-electron chi connectivity index (χ0n) is 24.7. The van der Waals surface area contributed by atoms with E-state index in [0.717, 1.165) is 19.3 Å². The van der Waals surface area contributed by atoms with Crippen LogP contribution in [0.4, 0.5) is 0 Å². The van der Waals surface area contributed by atoms with Crippen molar-refractivity contribution in [1.29, 1.82) is 10.5 Å². The molecule has 0 spiro atoms. The molecule has 0 aromatic heterocycles. The number of nitriles is 2. The number of unbranched alkanes of at least 4 members (excludes halogenated alkanes) is 2. The maximum absolute atomic E-state index is 12.2. The highest BCUT2D eigenvalue weighted by molar-refractivity contribution is 6.04. The van der Waals surface area contributed by atoms with Crippen LogP contribution in [-0.4, -0.2) is 39.0 Å². The van der Waals surface area contributed by atoms with Crippen molar-refractivity contribution in [1.82, 2.24) is 0 Å². The zero-order chi connectivity index (χ0) is 30.4. The molecule has 8 heteroatoms. The Morgan fingerprint density at radius 1 is 0.683 bits per heavy atom. The maximum Gasteiger partial charge on any atom is 0.175 e. The molecule has 0 atom stereocenters.